The van der Waals surface area contributed by atoms with Crippen LogP contribution in [-0.4, -0.2) is 34.5 Å². The maximum absolute atomic E-state index is 13.1. The monoisotopic (exact) mass is 403 g/mol. The smallest absolute Gasteiger partial charge is 0.290 e. The van der Waals surface area contributed by atoms with E-state index in [1.807, 2.05) is 66.4 Å². The fourth-order valence-electron chi connectivity index (χ4n) is 3.75. The van der Waals surface area contributed by atoms with E-state index < -0.39 is 11.9 Å². The Kier molecular flexibility index (Phi) is 5.93. The zero-order valence-corrected chi connectivity index (χ0v) is 17.0. The molecule has 1 atom stereocenters. The normalized spacial score (nSPS) is 16.9. The van der Waals surface area contributed by atoms with Crippen LogP contribution in [0.1, 0.15) is 40.9 Å². The first kappa shape index (κ1) is 19.9. The van der Waals surface area contributed by atoms with E-state index in [0.717, 1.165) is 29.5 Å². The number of aryl methyl sites for hydroxylation is 1. The zero-order valence-electron chi connectivity index (χ0n) is 17.0. The van der Waals surface area contributed by atoms with Crippen molar-refractivity contribution in [2.45, 2.75) is 38.8 Å². The minimum atomic E-state index is -0.561. The first-order chi connectivity index (χ1) is 14.6. The molecule has 1 aromatic heterocycles. The van der Waals surface area contributed by atoms with Crippen LogP contribution in [0.3, 0.4) is 0 Å². The molecule has 2 amide bonds. The fraction of sp³-hybridized carbons (Fsp3) is 0.292. The van der Waals surface area contributed by atoms with Gasteiger partial charge in [0.05, 0.1) is 0 Å². The second-order valence-electron chi connectivity index (χ2n) is 7.65. The number of likely N-dealkylation sites (tertiary alicyclic amines) is 1. The van der Waals surface area contributed by atoms with Crippen LogP contribution in [0.15, 0.2) is 65.2 Å². The average molecular weight is 403 g/mol. The molecule has 30 heavy (non-hydrogen) atoms. The minimum Gasteiger partial charge on any atom is -0.350 e. The molecule has 1 aliphatic rings. The number of amides is 2. The van der Waals surface area contributed by atoms with E-state index in [1.165, 1.54) is 0 Å². The third kappa shape index (κ3) is 4.43. The Labute approximate surface area is 175 Å². The third-order valence-corrected chi connectivity index (χ3v) is 5.51. The quantitative estimate of drug-likeness (QED) is 0.700. The Morgan fingerprint density at radius 1 is 1.13 bits per heavy atom. The average Bonchev–Trinajstić information content (AvgIpc) is 3.20. The summed E-state index contributed by atoms with van der Waals surface area (Å²) in [4.78, 5) is 27.7. The number of benzene rings is 2. The Balaban J connectivity index is 1.45. The summed E-state index contributed by atoms with van der Waals surface area (Å²) in [7, 11) is 0. The van der Waals surface area contributed by atoms with Gasteiger partial charge in [0.2, 0.25) is 11.7 Å². The SMILES string of the molecule is Cc1ccccc1CN1CCCCC(NC(=O)c2cc(-c3ccccc3)no2)C1=O. The van der Waals surface area contributed by atoms with Gasteiger partial charge in [0.25, 0.3) is 5.91 Å². The van der Waals surface area contributed by atoms with Gasteiger partial charge in [-0.05, 0) is 37.3 Å². The second kappa shape index (κ2) is 8.95. The highest BCUT2D eigenvalue weighted by Gasteiger charge is 2.29. The van der Waals surface area contributed by atoms with Crippen molar-refractivity contribution in [3.8, 4) is 11.3 Å². The maximum atomic E-state index is 13.1. The molecule has 0 spiro atoms. The van der Waals surface area contributed by atoms with Crippen molar-refractivity contribution in [1.82, 2.24) is 15.4 Å². The van der Waals surface area contributed by atoms with Crippen molar-refractivity contribution >= 4 is 11.8 Å². The molecule has 2 aromatic carbocycles. The van der Waals surface area contributed by atoms with Crippen molar-refractivity contribution < 1.29 is 14.1 Å². The lowest BCUT2D eigenvalue weighted by Crippen LogP contribution is -2.47. The van der Waals surface area contributed by atoms with Crippen molar-refractivity contribution in [1.29, 1.82) is 0 Å². The molecule has 154 valence electrons. The lowest BCUT2D eigenvalue weighted by molar-refractivity contribution is -0.133. The molecule has 3 aromatic rings. The summed E-state index contributed by atoms with van der Waals surface area (Å²) in [6, 6.07) is 18.6. The molecule has 1 fully saturated rings. The van der Waals surface area contributed by atoms with Crippen molar-refractivity contribution in [3.63, 3.8) is 0 Å². The molecular weight excluding hydrogens is 378 g/mol. The second-order valence-corrected chi connectivity index (χ2v) is 7.65. The molecule has 4 rings (SSSR count). The van der Waals surface area contributed by atoms with Crippen LogP contribution in [0.25, 0.3) is 11.3 Å². The summed E-state index contributed by atoms with van der Waals surface area (Å²) in [6.45, 7) is 3.30. The molecule has 1 aliphatic heterocycles. The highest BCUT2D eigenvalue weighted by Crippen LogP contribution is 2.20. The van der Waals surface area contributed by atoms with Gasteiger partial charge in [0.1, 0.15) is 11.7 Å². The summed E-state index contributed by atoms with van der Waals surface area (Å²) in [6.07, 6.45) is 2.42. The van der Waals surface area contributed by atoms with Gasteiger partial charge in [-0.1, -0.05) is 59.8 Å². The first-order valence-electron chi connectivity index (χ1n) is 10.3. The van der Waals surface area contributed by atoms with E-state index in [1.54, 1.807) is 6.07 Å². The molecule has 2 heterocycles. The van der Waals surface area contributed by atoms with Gasteiger partial charge in [0.15, 0.2) is 0 Å². The number of hydrogen-bond acceptors (Lipinski definition) is 4. The van der Waals surface area contributed by atoms with E-state index in [-0.39, 0.29) is 11.7 Å². The first-order valence-corrected chi connectivity index (χ1v) is 10.3. The number of aromatic nitrogens is 1. The van der Waals surface area contributed by atoms with Gasteiger partial charge in [-0.15, -0.1) is 0 Å². The molecule has 0 aliphatic carbocycles. The predicted octanol–water partition coefficient (Wildman–Crippen LogP) is 3.96. The fourth-order valence-corrected chi connectivity index (χ4v) is 3.75. The van der Waals surface area contributed by atoms with Crippen molar-refractivity contribution in [2.75, 3.05) is 6.54 Å². The molecule has 1 unspecified atom stereocenters. The molecule has 0 saturated carbocycles. The van der Waals surface area contributed by atoms with E-state index in [4.69, 9.17) is 4.52 Å². The molecular formula is C24H25N3O3. The minimum absolute atomic E-state index is 0.0492. The molecule has 6 heteroatoms. The van der Waals surface area contributed by atoms with E-state index in [2.05, 4.69) is 10.5 Å². The number of nitrogens with zero attached hydrogens (tertiary/aromatic N) is 2. The van der Waals surface area contributed by atoms with Gasteiger partial charge in [0, 0.05) is 24.7 Å². The highest BCUT2D eigenvalue weighted by atomic mass is 16.5. The predicted molar refractivity (Wildman–Crippen MR) is 114 cm³/mol. The largest absolute Gasteiger partial charge is 0.350 e. The lowest BCUT2D eigenvalue weighted by atomic mass is 10.1. The standard InChI is InChI=1S/C24H25N3O3/c1-17-9-5-6-12-19(17)16-27-14-8-7-13-20(24(27)29)25-23(28)22-15-21(26-30-22)18-10-3-2-4-11-18/h2-6,9-12,15,20H,7-8,13-14,16H2,1H3,(H,25,28). The zero-order chi connectivity index (χ0) is 20.9. The maximum Gasteiger partial charge on any atom is 0.290 e. The number of nitrogens with one attached hydrogen (secondary N) is 1. The number of carbonyl (C=O) groups is 2. The highest BCUT2D eigenvalue weighted by molar-refractivity contribution is 5.96. The third-order valence-electron chi connectivity index (χ3n) is 5.51. The lowest BCUT2D eigenvalue weighted by Gasteiger charge is -2.25. The summed E-state index contributed by atoms with van der Waals surface area (Å²) in [5.74, 6) is -0.357. The van der Waals surface area contributed by atoms with E-state index in [0.29, 0.717) is 25.2 Å². The van der Waals surface area contributed by atoms with Crippen LogP contribution in [0.5, 0.6) is 0 Å². The number of carbonyl (C=O) groups excluding carboxylic acids is 2. The summed E-state index contributed by atoms with van der Waals surface area (Å²) in [5, 5.41) is 6.84. The molecule has 1 saturated heterocycles. The van der Waals surface area contributed by atoms with Gasteiger partial charge in [-0.25, -0.2) is 0 Å². The Hall–Kier alpha value is -3.41. The van der Waals surface area contributed by atoms with E-state index >= 15 is 0 Å². The van der Waals surface area contributed by atoms with Crippen molar-refractivity contribution in [2.24, 2.45) is 0 Å². The number of rotatable bonds is 5. The number of hydrogen-bond donors (Lipinski definition) is 1. The Morgan fingerprint density at radius 2 is 1.90 bits per heavy atom. The van der Waals surface area contributed by atoms with Crippen LogP contribution in [0, 0.1) is 6.92 Å². The summed E-state index contributed by atoms with van der Waals surface area (Å²) in [5.41, 5.74) is 3.75. The van der Waals surface area contributed by atoms with Gasteiger partial charge in [-0.2, -0.15) is 0 Å². The van der Waals surface area contributed by atoms with Crippen LogP contribution >= 0.6 is 0 Å². The topological polar surface area (TPSA) is 75.4 Å². The van der Waals surface area contributed by atoms with E-state index in [9.17, 15) is 9.59 Å². The van der Waals surface area contributed by atoms with Crippen LogP contribution in [0.2, 0.25) is 0 Å². The molecule has 1 N–H and O–H groups in total. The molecule has 0 bridgehead atoms. The van der Waals surface area contributed by atoms with Gasteiger partial charge < -0.3 is 14.7 Å². The Bertz CT molecular complexity index is 1030. The van der Waals surface area contributed by atoms with Crippen LogP contribution in [0.4, 0.5) is 0 Å². The van der Waals surface area contributed by atoms with Gasteiger partial charge >= 0.3 is 0 Å². The van der Waals surface area contributed by atoms with Crippen molar-refractivity contribution in [3.05, 3.63) is 77.6 Å². The Morgan fingerprint density at radius 3 is 2.70 bits per heavy atom. The summed E-state index contributed by atoms with van der Waals surface area (Å²) >= 11 is 0. The molecule has 0 radical (unpaired) electrons. The summed E-state index contributed by atoms with van der Waals surface area (Å²) < 4.78 is 5.24. The molecule has 6 nitrogen and oxygen atoms in total. The van der Waals surface area contributed by atoms with Gasteiger partial charge in [-0.3, -0.25) is 9.59 Å². The van der Waals surface area contributed by atoms with Crippen LogP contribution < -0.4 is 5.32 Å². The van der Waals surface area contributed by atoms with Crippen LogP contribution in [-0.2, 0) is 11.3 Å².